The van der Waals surface area contributed by atoms with E-state index in [1.54, 1.807) is 12.1 Å². The smallest absolute Gasteiger partial charge is 0.287 e. The van der Waals surface area contributed by atoms with Crippen LogP contribution < -0.4 is 10.1 Å². The van der Waals surface area contributed by atoms with Crippen molar-refractivity contribution in [3.05, 3.63) is 53.5 Å². The monoisotopic (exact) mass is 370 g/mol. The first-order chi connectivity index (χ1) is 13.0. The highest BCUT2D eigenvalue weighted by atomic mass is 16.5. The number of rotatable bonds is 6. The lowest BCUT2D eigenvalue weighted by Crippen LogP contribution is -2.52. The van der Waals surface area contributed by atoms with Crippen LogP contribution >= 0.6 is 0 Å². The first-order valence-electron chi connectivity index (χ1n) is 9.37. The van der Waals surface area contributed by atoms with Gasteiger partial charge in [0, 0.05) is 13.1 Å². The van der Waals surface area contributed by atoms with E-state index in [0.29, 0.717) is 19.7 Å². The van der Waals surface area contributed by atoms with Gasteiger partial charge in [-0.1, -0.05) is 19.9 Å². The summed E-state index contributed by atoms with van der Waals surface area (Å²) in [6, 6.07) is 8.69. The molecule has 0 saturated carbocycles. The van der Waals surface area contributed by atoms with E-state index in [-0.39, 0.29) is 23.5 Å². The third-order valence-corrected chi connectivity index (χ3v) is 4.78. The summed E-state index contributed by atoms with van der Waals surface area (Å²) in [5.41, 5.74) is 2.34. The van der Waals surface area contributed by atoms with E-state index in [1.807, 2.05) is 37.8 Å². The molecule has 0 aliphatic carbocycles. The summed E-state index contributed by atoms with van der Waals surface area (Å²) in [4.78, 5) is 27.3. The molecule has 0 fully saturated rings. The normalized spacial score (nSPS) is 14.6. The molecule has 1 aliphatic heterocycles. The van der Waals surface area contributed by atoms with E-state index in [0.717, 1.165) is 17.7 Å². The molecule has 3 rings (SSSR count). The fourth-order valence-electron chi connectivity index (χ4n) is 3.31. The molecule has 2 aromatic rings. The molecule has 0 spiro atoms. The van der Waals surface area contributed by atoms with Gasteiger partial charge in [-0.05, 0) is 54.7 Å². The SMILES string of the molecule is CCOc1ccc2c(c1)CN(C(=O)[C@H](NC(=O)c1ccco1)C(C)C)CC2. The largest absolute Gasteiger partial charge is 0.494 e. The van der Waals surface area contributed by atoms with Crippen molar-refractivity contribution >= 4 is 11.8 Å². The highest BCUT2D eigenvalue weighted by Gasteiger charge is 2.31. The number of benzene rings is 1. The van der Waals surface area contributed by atoms with Crippen molar-refractivity contribution in [2.24, 2.45) is 5.92 Å². The molecule has 1 aliphatic rings. The molecule has 1 aromatic carbocycles. The molecule has 6 nitrogen and oxygen atoms in total. The van der Waals surface area contributed by atoms with Crippen molar-refractivity contribution in [3.8, 4) is 5.75 Å². The van der Waals surface area contributed by atoms with Crippen molar-refractivity contribution < 1.29 is 18.7 Å². The van der Waals surface area contributed by atoms with E-state index >= 15 is 0 Å². The lowest BCUT2D eigenvalue weighted by molar-refractivity contribution is -0.135. The molecule has 1 atom stereocenters. The average Bonchev–Trinajstić information content (AvgIpc) is 3.20. The number of nitrogens with zero attached hydrogens (tertiary/aromatic N) is 1. The number of carbonyl (C=O) groups is 2. The molecule has 0 radical (unpaired) electrons. The quantitative estimate of drug-likeness (QED) is 0.848. The summed E-state index contributed by atoms with van der Waals surface area (Å²) >= 11 is 0. The van der Waals surface area contributed by atoms with E-state index in [4.69, 9.17) is 9.15 Å². The van der Waals surface area contributed by atoms with Crippen LogP contribution in [0.15, 0.2) is 41.0 Å². The van der Waals surface area contributed by atoms with Gasteiger partial charge in [0.2, 0.25) is 5.91 Å². The zero-order valence-electron chi connectivity index (χ0n) is 16.0. The van der Waals surface area contributed by atoms with Crippen LogP contribution in [0, 0.1) is 5.92 Å². The number of amides is 2. The average molecular weight is 370 g/mol. The highest BCUT2D eigenvalue weighted by molar-refractivity contribution is 5.95. The van der Waals surface area contributed by atoms with E-state index < -0.39 is 6.04 Å². The zero-order valence-corrected chi connectivity index (χ0v) is 16.0. The maximum atomic E-state index is 13.1. The van der Waals surface area contributed by atoms with Crippen LogP contribution in [0.1, 0.15) is 42.5 Å². The van der Waals surface area contributed by atoms with E-state index in [2.05, 4.69) is 11.4 Å². The van der Waals surface area contributed by atoms with Crippen LogP contribution in [-0.2, 0) is 17.8 Å². The molecule has 0 bridgehead atoms. The van der Waals surface area contributed by atoms with Gasteiger partial charge >= 0.3 is 0 Å². The maximum absolute atomic E-state index is 13.1. The Hall–Kier alpha value is -2.76. The molecule has 144 valence electrons. The Labute approximate surface area is 159 Å². The number of fused-ring (bicyclic) bond motifs is 1. The van der Waals surface area contributed by atoms with Gasteiger partial charge in [-0.25, -0.2) is 0 Å². The first-order valence-corrected chi connectivity index (χ1v) is 9.37. The van der Waals surface area contributed by atoms with Crippen molar-refractivity contribution in [2.45, 2.75) is 39.8 Å². The summed E-state index contributed by atoms with van der Waals surface area (Å²) in [7, 11) is 0. The van der Waals surface area contributed by atoms with E-state index in [1.165, 1.54) is 11.8 Å². The Morgan fingerprint density at radius 1 is 1.26 bits per heavy atom. The summed E-state index contributed by atoms with van der Waals surface area (Å²) < 4.78 is 10.7. The second-order valence-electron chi connectivity index (χ2n) is 7.05. The van der Waals surface area contributed by atoms with Gasteiger partial charge < -0.3 is 19.4 Å². The summed E-state index contributed by atoms with van der Waals surface area (Å²) in [6.07, 6.45) is 2.24. The highest BCUT2D eigenvalue weighted by Crippen LogP contribution is 2.25. The fourth-order valence-corrected chi connectivity index (χ4v) is 3.31. The zero-order chi connectivity index (χ0) is 19.4. The Morgan fingerprint density at radius 2 is 2.07 bits per heavy atom. The maximum Gasteiger partial charge on any atom is 0.287 e. The molecule has 27 heavy (non-hydrogen) atoms. The minimum absolute atomic E-state index is 0.0347. The molecule has 0 unspecified atom stereocenters. The van der Waals surface area contributed by atoms with Crippen LogP contribution in [0.25, 0.3) is 0 Å². The second kappa shape index (κ2) is 8.29. The lowest BCUT2D eigenvalue weighted by Gasteiger charge is -2.33. The molecule has 2 amide bonds. The van der Waals surface area contributed by atoms with Crippen LogP contribution in [-0.4, -0.2) is 35.9 Å². The van der Waals surface area contributed by atoms with Crippen LogP contribution in [0.4, 0.5) is 0 Å². The lowest BCUT2D eigenvalue weighted by atomic mass is 9.96. The molecule has 0 saturated heterocycles. The number of furan rings is 1. The number of ether oxygens (including phenoxy) is 1. The summed E-state index contributed by atoms with van der Waals surface area (Å²) in [5.74, 6) is 0.545. The number of nitrogens with one attached hydrogen (secondary N) is 1. The third-order valence-electron chi connectivity index (χ3n) is 4.78. The van der Waals surface area contributed by atoms with Gasteiger partial charge in [-0.3, -0.25) is 9.59 Å². The van der Waals surface area contributed by atoms with Gasteiger partial charge in [0.05, 0.1) is 12.9 Å². The summed E-state index contributed by atoms with van der Waals surface area (Å²) in [6.45, 7) is 7.57. The van der Waals surface area contributed by atoms with Gasteiger partial charge in [0.25, 0.3) is 5.91 Å². The van der Waals surface area contributed by atoms with Crippen molar-refractivity contribution in [1.29, 1.82) is 0 Å². The molecule has 1 N–H and O–H groups in total. The van der Waals surface area contributed by atoms with Crippen molar-refractivity contribution in [1.82, 2.24) is 10.2 Å². The molecular formula is C21H26N2O4. The van der Waals surface area contributed by atoms with Crippen molar-refractivity contribution in [2.75, 3.05) is 13.2 Å². The van der Waals surface area contributed by atoms with Gasteiger partial charge in [-0.2, -0.15) is 0 Å². The minimum Gasteiger partial charge on any atom is -0.494 e. The van der Waals surface area contributed by atoms with Crippen molar-refractivity contribution in [3.63, 3.8) is 0 Å². The second-order valence-corrected chi connectivity index (χ2v) is 7.05. The summed E-state index contributed by atoms with van der Waals surface area (Å²) in [5, 5.41) is 2.82. The number of hydrogen-bond donors (Lipinski definition) is 1. The van der Waals surface area contributed by atoms with Crippen LogP contribution in [0.5, 0.6) is 5.75 Å². The third kappa shape index (κ3) is 4.32. The van der Waals surface area contributed by atoms with Gasteiger partial charge in [0.1, 0.15) is 11.8 Å². The first kappa shape index (κ1) is 19.0. The number of carbonyl (C=O) groups excluding carboxylic acids is 2. The van der Waals surface area contributed by atoms with E-state index in [9.17, 15) is 9.59 Å². The van der Waals surface area contributed by atoms with Crippen LogP contribution in [0.2, 0.25) is 0 Å². The molecule has 1 aromatic heterocycles. The molecule has 2 heterocycles. The molecular weight excluding hydrogens is 344 g/mol. The Kier molecular flexibility index (Phi) is 5.84. The van der Waals surface area contributed by atoms with Crippen LogP contribution in [0.3, 0.4) is 0 Å². The standard InChI is InChI=1S/C21H26N2O4/c1-4-26-17-8-7-15-9-10-23(13-16(15)12-17)21(25)19(14(2)3)22-20(24)18-6-5-11-27-18/h5-8,11-12,14,19H,4,9-10,13H2,1-3H3,(H,22,24)/t19-/m1/s1. The van der Waals surface area contributed by atoms with Gasteiger partial charge in [-0.15, -0.1) is 0 Å². The fraction of sp³-hybridized carbons (Fsp3) is 0.429. The van der Waals surface area contributed by atoms with Gasteiger partial charge in [0.15, 0.2) is 5.76 Å². The topological polar surface area (TPSA) is 71.8 Å². The predicted octanol–water partition coefficient (Wildman–Crippen LogP) is 3.02. The number of hydrogen-bond acceptors (Lipinski definition) is 4. The Bertz CT molecular complexity index is 799. The predicted molar refractivity (Wildman–Crippen MR) is 102 cm³/mol. The minimum atomic E-state index is -0.598. The molecule has 6 heteroatoms. The Balaban J connectivity index is 1.73. The Morgan fingerprint density at radius 3 is 2.74 bits per heavy atom.